The van der Waals surface area contributed by atoms with E-state index in [0.717, 1.165) is 42.7 Å². The molecule has 28 heavy (non-hydrogen) atoms. The minimum absolute atomic E-state index is 0. The van der Waals surface area contributed by atoms with Crippen LogP contribution in [0.4, 0.5) is 0 Å². The van der Waals surface area contributed by atoms with E-state index >= 15 is 0 Å². The van der Waals surface area contributed by atoms with Crippen LogP contribution in [0, 0.1) is 13.8 Å². The van der Waals surface area contributed by atoms with Gasteiger partial charge in [0.2, 0.25) is 0 Å². The van der Waals surface area contributed by atoms with E-state index in [-0.39, 0.29) is 24.0 Å². The van der Waals surface area contributed by atoms with E-state index in [1.165, 1.54) is 29.8 Å². The van der Waals surface area contributed by atoms with Gasteiger partial charge in [0.25, 0.3) is 0 Å². The number of guanidine groups is 1. The summed E-state index contributed by atoms with van der Waals surface area (Å²) in [5.41, 5.74) is 2.55. The van der Waals surface area contributed by atoms with Crippen molar-refractivity contribution in [1.82, 2.24) is 20.5 Å². The SMILES string of the molecule is CN=C(NCCc1sc(C)nc1C)NCC1CCCN1Cc1ccccc1.I. The van der Waals surface area contributed by atoms with E-state index in [9.17, 15) is 0 Å². The number of likely N-dealkylation sites (tertiary alicyclic amines) is 1. The van der Waals surface area contributed by atoms with Crippen LogP contribution < -0.4 is 10.6 Å². The van der Waals surface area contributed by atoms with Crippen molar-refractivity contribution in [3.05, 3.63) is 51.5 Å². The molecule has 1 unspecified atom stereocenters. The molecule has 1 aliphatic rings. The van der Waals surface area contributed by atoms with Gasteiger partial charge < -0.3 is 10.6 Å². The van der Waals surface area contributed by atoms with E-state index in [0.29, 0.717) is 6.04 Å². The van der Waals surface area contributed by atoms with Gasteiger partial charge in [-0.3, -0.25) is 9.89 Å². The van der Waals surface area contributed by atoms with Gasteiger partial charge in [-0.25, -0.2) is 4.98 Å². The lowest BCUT2D eigenvalue weighted by Gasteiger charge is -2.25. The van der Waals surface area contributed by atoms with Crippen molar-refractivity contribution < 1.29 is 0 Å². The van der Waals surface area contributed by atoms with Crippen molar-refractivity contribution in [2.45, 2.75) is 45.7 Å². The van der Waals surface area contributed by atoms with Gasteiger partial charge in [0.1, 0.15) is 0 Å². The van der Waals surface area contributed by atoms with Gasteiger partial charge in [0, 0.05) is 44.0 Å². The van der Waals surface area contributed by atoms with E-state index < -0.39 is 0 Å². The van der Waals surface area contributed by atoms with Gasteiger partial charge in [0.15, 0.2) is 5.96 Å². The molecule has 0 radical (unpaired) electrons. The number of aromatic nitrogens is 1. The van der Waals surface area contributed by atoms with Gasteiger partial charge in [-0.05, 0) is 38.8 Å². The molecule has 1 aliphatic heterocycles. The lowest BCUT2D eigenvalue weighted by atomic mass is 10.2. The summed E-state index contributed by atoms with van der Waals surface area (Å²) in [5.74, 6) is 0.889. The molecule has 0 bridgehead atoms. The van der Waals surface area contributed by atoms with Crippen LogP contribution in [-0.4, -0.2) is 48.6 Å². The summed E-state index contributed by atoms with van der Waals surface area (Å²) >= 11 is 1.79. The number of hydrogen-bond acceptors (Lipinski definition) is 4. The smallest absolute Gasteiger partial charge is 0.191 e. The van der Waals surface area contributed by atoms with Gasteiger partial charge in [-0.1, -0.05) is 30.3 Å². The highest BCUT2D eigenvalue weighted by Gasteiger charge is 2.24. The van der Waals surface area contributed by atoms with Crippen molar-refractivity contribution >= 4 is 41.3 Å². The topological polar surface area (TPSA) is 52.6 Å². The quantitative estimate of drug-likeness (QED) is 0.337. The van der Waals surface area contributed by atoms with Crippen LogP contribution in [0.3, 0.4) is 0 Å². The fourth-order valence-corrected chi connectivity index (χ4v) is 4.62. The van der Waals surface area contributed by atoms with Crippen molar-refractivity contribution in [2.24, 2.45) is 4.99 Å². The molecule has 0 spiro atoms. The molecule has 0 saturated carbocycles. The van der Waals surface area contributed by atoms with Gasteiger partial charge in [0.05, 0.1) is 10.7 Å². The third-order valence-electron chi connectivity index (χ3n) is 5.10. The highest BCUT2D eigenvalue weighted by Crippen LogP contribution is 2.19. The Morgan fingerprint density at radius 1 is 1.25 bits per heavy atom. The second-order valence-electron chi connectivity index (χ2n) is 7.12. The van der Waals surface area contributed by atoms with Crippen LogP contribution >= 0.6 is 35.3 Å². The Labute approximate surface area is 190 Å². The van der Waals surface area contributed by atoms with Crippen LogP contribution in [0.1, 0.15) is 34.0 Å². The lowest BCUT2D eigenvalue weighted by molar-refractivity contribution is 0.245. The van der Waals surface area contributed by atoms with E-state index in [1.807, 2.05) is 7.05 Å². The van der Waals surface area contributed by atoms with Crippen LogP contribution in [0.2, 0.25) is 0 Å². The van der Waals surface area contributed by atoms with Crippen LogP contribution in [0.25, 0.3) is 0 Å². The summed E-state index contributed by atoms with van der Waals surface area (Å²) in [6, 6.07) is 11.3. The maximum atomic E-state index is 4.50. The molecule has 1 saturated heterocycles. The summed E-state index contributed by atoms with van der Waals surface area (Å²) in [5, 5.41) is 8.10. The fourth-order valence-electron chi connectivity index (χ4n) is 3.69. The summed E-state index contributed by atoms with van der Waals surface area (Å²) in [4.78, 5) is 12.8. The van der Waals surface area contributed by atoms with Crippen molar-refractivity contribution in [3.63, 3.8) is 0 Å². The summed E-state index contributed by atoms with van der Waals surface area (Å²) in [6.07, 6.45) is 3.51. The third-order valence-corrected chi connectivity index (χ3v) is 6.23. The molecule has 1 aromatic heterocycles. The number of nitrogens with one attached hydrogen (secondary N) is 2. The minimum Gasteiger partial charge on any atom is -0.356 e. The van der Waals surface area contributed by atoms with Gasteiger partial charge in [-0.2, -0.15) is 0 Å². The zero-order chi connectivity index (χ0) is 19.1. The van der Waals surface area contributed by atoms with Crippen molar-refractivity contribution in [3.8, 4) is 0 Å². The summed E-state index contributed by atoms with van der Waals surface area (Å²) in [6.45, 7) is 8.18. The van der Waals surface area contributed by atoms with Crippen molar-refractivity contribution in [2.75, 3.05) is 26.7 Å². The molecule has 0 aliphatic carbocycles. The molecule has 2 N–H and O–H groups in total. The molecule has 154 valence electrons. The second-order valence-corrected chi connectivity index (χ2v) is 8.41. The Morgan fingerprint density at radius 2 is 2.04 bits per heavy atom. The highest BCUT2D eigenvalue weighted by atomic mass is 127. The Bertz CT molecular complexity index is 747. The predicted molar refractivity (Wildman–Crippen MR) is 130 cm³/mol. The molecule has 2 aromatic rings. The molecule has 0 amide bonds. The minimum atomic E-state index is 0. The van der Waals surface area contributed by atoms with Gasteiger partial charge in [-0.15, -0.1) is 35.3 Å². The first-order chi connectivity index (χ1) is 13.2. The third kappa shape index (κ3) is 6.70. The normalized spacial score (nSPS) is 17.4. The largest absolute Gasteiger partial charge is 0.356 e. The highest BCUT2D eigenvalue weighted by molar-refractivity contribution is 14.0. The molecular formula is C21H32IN5S. The zero-order valence-corrected chi connectivity index (χ0v) is 20.2. The molecule has 1 aromatic carbocycles. The molecule has 1 fully saturated rings. The number of aryl methyl sites for hydroxylation is 2. The number of rotatable bonds is 7. The van der Waals surface area contributed by atoms with Gasteiger partial charge >= 0.3 is 0 Å². The Hall–Kier alpha value is -1.19. The molecule has 2 heterocycles. The van der Waals surface area contributed by atoms with Crippen molar-refractivity contribution in [1.29, 1.82) is 0 Å². The number of aliphatic imine (C=N–C) groups is 1. The lowest BCUT2D eigenvalue weighted by Crippen LogP contribution is -2.45. The first-order valence-electron chi connectivity index (χ1n) is 9.81. The average molecular weight is 513 g/mol. The predicted octanol–water partition coefficient (Wildman–Crippen LogP) is 3.75. The standard InChI is InChI=1S/C21H31N5S.HI/c1-16-20(27-17(2)25-16)11-12-23-21(22-3)24-14-19-10-7-13-26(19)15-18-8-5-4-6-9-18;/h4-6,8-9,19H,7,10-15H2,1-3H3,(H2,22,23,24);1H. The Balaban J connectivity index is 0.00000280. The monoisotopic (exact) mass is 513 g/mol. The maximum absolute atomic E-state index is 4.50. The average Bonchev–Trinajstić information content (AvgIpc) is 3.24. The molecule has 3 rings (SSSR count). The summed E-state index contributed by atoms with van der Waals surface area (Å²) in [7, 11) is 1.84. The fraction of sp³-hybridized carbons (Fsp3) is 0.524. The number of thiazole rings is 1. The Morgan fingerprint density at radius 3 is 2.71 bits per heavy atom. The number of halogens is 1. The maximum Gasteiger partial charge on any atom is 0.191 e. The number of nitrogens with zero attached hydrogens (tertiary/aromatic N) is 3. The number of hydrogen-bond donors (Lipinski definition) is 2. The first-order valence-corrected chi connectivity index (χ1v) is 10.6. The van der Waals surface area contributed by atoms with E-state index in [4.69, 9.17) is 0 Å². The zero-order valence-electron chi connectivity index (χ0n) is 17.1. The number of benzene rings is 1. The Kier molecular flexibility index (Phi) is 9.67. The van der Waals surface area contributed by atoms with Crippen LogP contribution in [0.5, 0.6) is 0 Å². The molecule has 5 nitrogen and oxygen atoms in total. The van der Waals surface area contributed by atoms with Crippen LogP contribution in [-0.2, 0) is 13.0 Å². The second kappa shape index (κ2) is 11.7. The van der Waals surface area contributed by atoms with Crippen LogP contribution in [0.15, 0.2) is 35.3 Å². The molecular weight excluding hydrogens is 481 g/mol. The summed E-state index contributed by atoms with van der Waals surface area (Å²) < 4.78 is 0. The molecule has 1 atom stereocenters. The first kappa shape index (κ1) is 23.1. The van der Waals surface area contributed by atoms with E-state index in [1.54, 1.807) is 11.3 Å². The van der Waals surface area contributed by atoms with E-state index in [2.05, 4.69) is 69.7 Å². The molecule has 7 heteroatoms.